The molecule has 0 aromatic carbocycles. The molecule has 12 heavy (non-hydrogen) atoms. The van der Waals surface area contributed by atoms with Gasteiger partial charge in [0.05, 0.1) is 0 Å². The van der Waals surface area contributed by atoms with Crippen LogP contribution in [0, 0.1) is 5.92 Å². The van der Waals surface area contributed by atoms with Crippen molar-refractivity contribution >= 4 is 15.9 Å². The van der Waals surface area contributed by atoms with Crippen LogP contribution in [0.3, 0.4) is 0 Å². The summed E-state index contributed by atoms with van der Waals surface area (Å²) in [5, 5.41) is 0. The predicted octanol–water partition coefficient (Wildman–Crippen LogP) is 3.37. The molecular weight excluding hydrogens is 216 g/mol. The molecule has 0 spiro atoms. The smallest absolute Gasteiger partial charge is 0.0466 e. The summed E-state index contributed by atoms with van der Waals surface area (Å²) in [6.07, 6.45) is 6.51. The first-order chi connectivity index (χ1) is 5.84. The van der Waals surface area contributed by atoms with Gasteiger partial charge in [0.1, 0.15) is 0 Å². The third kappa shape index (κ3) is 4.46. The zero-order chi connectivity index (χ0) is 8.81. The molecule has 0 amide bonds. The van der Waals surface area contributed by atoms with Crippen molar-refractivity contribution in [2.45, 2.75) is 43.9 Å². The van der Waals surface area contributed by atoms with Crippen LogP contribution < -0.4 is 0 Å². The summed E-state index contributed by atoms with van der Waals surface area (Å²) in [4.78, 5) is 0.766. The van der Waals surface area contributed by atoms with Crippen molar-refractivity contribution in [3.05, 3.63) is 0 Å². The van der Waals surface area contributed by atoms with E-state index in [0.29, 0.717) is 0 Å². The third-order valence-electron chi connectivity index (χ3n) is 2.25. The molecule has 1 aliphatic carbocycles. The lowest BCUT2D eigenvalue weighted by molar-refractivity contribution is 0.130. The lowest BCUT2D eigenvalue weighted by Crippen LogP contribution is -2.03. The predicted molar refractivity (Wildman–Crippen MR) is 55.8 cm³/mol. The Balaban J connectivity index is 1.81. The lowest BCUT2D eigenvalue weighted by Gasteiger charge is -2.07. The molecule has 0 N–H and O–H groups in total. The Morgan fingerprint density at radius 2 is 2.17 bits per heavy atom. The quantitative estimate of drug-likeness (QED) is 0.485. The number of ether oxygens (including phenoxy) is 1. The molecule has 0 radical (unpaired) electrons. The molecule has 0 aliphatic heterocycles. The molecule has 1 unspecified atom stereocenters. The first kappa shape index (κ1) is 10.5. The van der Waals surface area contributed by atoms with Crippen LogP contribution >= 0.6 is 15.9 Å². The van der Waals surface area contributed by atoms with Crippen molar-refractivity contribution < 1.29 is 4.74 Å². The van der Waals surface area contributed by atoms with E-state index in [-0.39, 0.29) is 0 Å². The van der Waals surface area contributed by atoms with Gasteiger partial charge < -0.3 is 4.74 Å². The Hall–Kier alpha value is 0.440. The maximum absolute atomic E-state index is 5.41. The fourth-order valence-electron chi connectivity index (χ4n) is 1.32. The second-order valence-corrected chi connectivity index (χ2v) is 4.78. The summed E-state index contributed by atoms with van der Waals surface area (Å²) in [7, 11) is 0. The Kier molecular flexibility index (Phi) is 5.24. The van der Waals surface area contributed by atoms with E-state index in [1.807, 2.05) is 0 Å². The second-order valence-electron chi connectivity index (χ2n) is 3.61. The summed E-state index contributed by atoms with van der Waals surface area (Å²) < 4.78 is 5.41. The highest BCUT2D eigenvalue weighted by Gasteiger charge is 2.28. The fourth-order valence-corrected chi connectivity index (χ4v) is 2.17. The van der Waals surface area contributed by atoms with Crippen LogP contribution in [0.15, 0.2) is 0 Å². The van der Waals surface area contributed by atoms with E-state index < -0.39 is 0 Å². The van der Waals surface area contributed by atoms with Crippen molar-refractivity contribution in [2.75, 3.05) is 13.2 Å². The van der Waals surface area contributed by atoms with Crippen molar-refractivity contribution in [1.82, 2.24) is 0 Å². The van der Waals surface area contributed by atoms with Gasteiger partial charge in [0.15, 0.2) is 0 Å². The average molecular weight is 235 g/mol. The van der Waals surface area contributed by atoms with Crippen LogP contribution in [0.2, 0.25) is 0 Å². The number of hydrogen-bond acceptors (Lipinski definition) is 1. The molecular formula is C10H19BrO. The molecule has 1 aliphatic rings. The van der Waals surface area contributed by atoms with Gasteiger partial charge in [0.25, 0.3) is 0 Å². The molecule has 1 saturated carbocycles. The number of hydrogen-bond donors (Lipinski definition) is 0. The normalized spacial score (nSPS) is 19.5. The van der Waals surface area contributed by atoms with Crippen LogP contribution in [-0.2, 0) is 4.74 Å². The Morgan fingerprint density at radius 3 is 2.75 bits per heavy atom. The fraction of sp³-hybridized carbons (Fsp3) is 1.00. The summed E-state index contributed by atoms with van der Waals surface area (Å²) in [6, 6.07) is 0. The van der Waals surface area contributed by atoms with Gasteiger partial charge in [-0.05, 0) is 38.0 Å². The van der Waals surface area contributed by atoms with Crippen molar-refractivity contribution in [2.24, 2.45) is 5.92 Å². The van der Waals surface area contributed by atoms with Gasteiger partial charge in [0, 0.05) is 18.0 Å². The first-order valence-corrected chi connectivity index (χ1v) is 5.98. The van der Waals surface area contributed by atoms with E-state index in [0.717, 1.165) is 30.4 Å². The average Bonchev–Trinajstić information content (AvgIpc) is 2.86. The molecule has 1 atom stereocenters. The summed E-state index contributed by atoms with van der Waals surface area (Å²) in [6.45, 7) is 4.02. The standard InChI is InChI=1S/C10H19BrO/c1-2-7-12-8-3-4-10(11)9-5-6-9/h9-10H,2-8H2,1H3. The van der Waals surface area contributed by atoms with Gasteiger partial charge in [-0.3, -0.25) is 0 Å². The minimum atomic E-state index is 0.766. The van der Waals surface area contributed by atoms with E-state index in [1.54, 1.807) is 0 Å². The highest BCUT2D eigenvalue weighted by atomic mass is 79.9. The highest BCUT2D eigenvalue weighted by molar-refractivity contribution is 9.09. The summed E-state index contributed by atoms with van der Waals surface area (Å²) in [5.41, 5.74) is 0. The van der Waals surface area contributed by atoms with Crippen LogP contribution in [0.25, 0.3) is 0 Å². The molecule has 0 aromatic heterocycles. The van der Waals surface area contributed by atoms with E-state index >= 15 is 0 Å². The van der Waals surface area contributed by atoms with E-state index in [4.69, 9.17) is 4.74 Å². The highest BCUT2D eigenvalue weighted by Crippen LogP contribution is 2.38. The zero-order valence-electron chi connectivity index (χ0n) is 7.89. The second kappa shape index (κ2) is 5.98. The maximum atomic E-state index is 5.41. The Morgan fingerprint density at radius 1 is 1.42 bits per heavy atom. The molecule has 1 nitrogen and oxygen atoms in total. The van der Waals surface area contributed by atoms with Gasteiger partial charge in [-0.1, -0.05) is 22.9 Å². The van der Waals surface area contributed by atoms with E-state index in [2.05, 4.69) is 22.9 Å². The monoisotopic (exact) mass is 234 g/mol. The summed E-state index contributed by atoms with van der Waals surface area (Å²) in [5.74, 6) is 0.983. The minimum Gasteiger partial charge on any atom is -0.381 e. The van der Waals surface area contributed by atoms with Crippen LogP contribution in [0.4, 0.5) is 0 Å². The number of alkyl halides is 1. The van der Waals surface area contributed by atoms with Gasteiger partial charge in [-0.15, -0.1) is 0 Å². The maximum Gasteiger partial charge on any atom is 0.0466 e. The molecule has 1 fully saturated rings. The van der Waals surface area contributed by atoms with Crippen LogP contribution in [0.5, 0.6) is 0 Å². The lowest BCUT2D eigenvalue weighted by atomic mass is 10.2. The topological polar surface area (TPSA) is 9.23 Å². The van der Waals surface area contributed by atoms with E-state index in [9.17, 15) is 0 Å². The molecule has 0 bridgehead atoms. The molecule has 0 aromatic rings. The summed E-state index contributed by atoms with van der Waals surface area (Å²) >= 11 is 3.72. The van der Waals surface area contributed by atoms with Crippen LogP contribution in [0.1, 0.15) is 39.0 Å². The van der Waals surface area contributed by atoms with E-state index in [1.165, 1.54) is 25.7 Å². The Bertz CT molecular complexity index is 112. The van der Waals surface area contributed by atoms with Crippen LogP contribution in [-0.4, -0.2) is 18.0 Å². The largest absolute Gasteiger partial charge is 0.381 e. The van der Waals surface area contributed by atoms with Crippen molar-refractivity contribution in [1.29, 1.82) is 0 Å². The molecule has 72 valence electrons. The van der Waals surface area contributed by atoms with Gasteiger partial charge in [-0.25, -0.2) is 0 Å². The molecule has 0 heterocycles. The van der Waals surface area contributed by atoms with Crippen molar-refractivity contribution in [3.8, 4) is 0 Å². The van der Waals surface area contributed by atoms with Gasteiger partial charge in [0.2, 0.25) is 0 Å². The number of halogens is 1. The Labute approximate surface area is 84.0 Å². The number of rotatable bonds is 7. The third-order valence-corrected chi connectivity index (χ3v) is 3.46. The molecule has 0 saturated heterocycles. The molecule has 1 rings (SSSR count). The molecule has 2 heteroatoms. The van der Waals surface area contributed by atoms with Crippen molar-refractivity contribution in [3.63, 3.8) is 0 Å². The first-order valence-electron chi connectivity index (χ1n) is 5.06. The zero-order valence-corrected chi connectivity index (χ0v) is 9.48. The SMILES string of the molecule is CCCOCCCC(Br)C1CC1. The van der Waals surface area contributed by atoms with Gasteiger partial charge >= 0.3 is 0 Å². The minimum absolute atomic E-state index is 0.766. The van der Waals surface area contributed by atoms with Gasteiger partial charge in [-0.2, -0.15) is 0 Å².